The average molecular weight is 256 g/mol. The zero-order valence-corrected chi connectivity index (χ0v) is 11.4. The quantitative estimate of drug-likeness (QED) is 0.764. The lowest BCUT2D eigenvalue weighted by Gasteiger charge is -2.06. The molecule has 0 heterocycles. The van der Waals surface area contributed by atoms with Crippen molar-refractivity contribution in [3.05, 3.63) is 53.1 Å². The van der Waals surface area contributed by atoms with Gasteiger partial charge in [0.05, 0.1) is 0 Å². The summed E-state index contributed by atoms with van der Waals surface area (Å²) in [5.41, 5.74) is 4.15. The summed E-state index contributed by atoms with van der Waals surface area (Å²) in [5, 5.41) is 9.31. The number of rotatable bonds is 6. The molecule has 1 aliphatic rings. The van der Waals surface area contributed by atoms with Crippen molar-refractivity contribution in [3.8, 4) is 0 Å². The Balaban J connectivity index is 2.30. The minimum absolute atomic E-state index is 0.528. The highest BCUT2D eigenvalue weighted by atomic mass is 16.4. The van der Waals surface area contributed by atoms with Gasteiger partial charge in [-0.1, -0.05) is 49.2 Å². The van der Waals surface area contributed by atoms with Gasteiger partial charge in [-0.3, -0.25) is 0 Å². The van der Waals surface area contributed by atoms with Crippen molar-refractivity contribution in [2.24, 2.45) is 0 Å². The summed E-state index contributed by atoms with van der Waals surface area (Å²) in [4.78, 5) is 11.3. The summed E-state index contributed by atoms with van der Waals surface area (Å²) in [6.07, 6.45) is 6.67. The van der Waals surface area contributed by atoms with Crippen LogP contribution in [-0.2, 0) is 4.79 Å². The molecule has 1 aliphatic carbocycles. The SMILES string of the molecule is CCCCC(=CC(=C1CC1)c1ccccc1)C(=O)O. The Morgan fingerprint density at radius 2 is 1.95 bits per heavy atom. The van der Waals surface area contributed by atoms with Crippen molar-refractivity contribution in [2.75, 3.05) is 0 Å². The van der Waals surface area contributed by atoms with E-state index in [0.717, 1.165) is 36.8 Å². The summed E-state index contributed by atoms with van der Waals surface area (Å²) in [6.45, 7) is 2.08. The normalized spacial score (nSPS) is 14.4. The third-order valence-corrected chi connectivity index (χ3v) is 3.36. The van der Waals surface area contributed by atoms with Crippen LogP contribution in [0, 0.1) is 0 Å². The molecule has 2 nitrogen and oxygen atoms in total. The van der Waals surface area contributed by atoms with Crippen LogP contribution in [0.1, 0.15) is 44.6 Å². The van der Waals surface area contributed by atoms with E-state index >= 15 is 0 Å². The van der Waals surface area contributed by atoms with Crippen LogP contribution in [0.2, 0.25) is 0 Å². The second kappa shape index (κ2) is 6.37. The summed E-state index contributed by atoms with van der Waals surface area (Å²) in [5.74, 6) is -0.789. The number of benzene rings is 1. The van der Waals surface area contributed by atoms with Crippen molar-refractivity contribution in [2.45, 2.75) is 39.0 Å². The smallest absolute Gasteiger partial charge is 0.331 e. The molecule has 0 aliphatic heterocycles. The topological polar surface area (TPSA) is 37.3 Å². The van der Waals surface area contributed by atoms with Crippen LogP contribution < -0.4 is 0 Å². The third-order valence-electron chi connectivity index (χ3n) is 3.36. The zero-order valence-electron chi connectivity index (χ0n) is 11.4. The predicted molar refractivity (Wildman–Crippen MR) is 77.8 cm³/mol. The Morgan fingerprint density at radius 1 is 1.26 bits per heavy atom. The maximum Gasteiger partial charge on any atom is 0.331 e. The third kappa shape index (κ3) is 3.82. The number of allylic oxidation sites excluding steroid dienone is 3. The number of unbranched alkanes of at least 4 members (excludes halogenated alkanes) is 1. The molecule has 0 aromatic heterocycles. The van der Waals surface area contributed by atoms with Gasteiger partial charge in [-0.15, -0.1) is 0 Å². The van der Waals surface area contributed by atoms with E-state index < -0.39 is 5.97 Å². The van der Waals surface area contributed by atoms with Gasteiger partial charge in [0.15, 0.2) is 0 Å². The Hall–Kier alpha value is -1.83. The molecule has 1 aromatic rings. The van der Waals surface area contributed by atoms with Gasteiger partial charge in [0, 0.05) is 5.57 Å². The van der Waals surface area contributed by atoms with E-state index in [4.69, 9.17) is 0 Å². The van der Waals surface area contributed by atoms with Gasteiger partial charge in [0.1, 0.15) is 0 Å². The summed E-state index contributed by atoms with van der Waals surface area (Å²) in [6, 6.07) is 10.1. The standard InChI is InChI=1S/C17H20O2/c1-2-3-7-15(17(18)19)12-16(14-10-11-14)13-8-5-4-6-9-13/h4-6,8-9,12H,2-3,7,10-11H2,1H3,(H,18,19). The lowest BCUT2D eigenvalue weighted by molar-refractivity contribution is -0.132. The van der Waals surface area contributed by atoms with Crippen LogP contribution in [0.5, 0.6) is 0 Å². The van der Waals surface area contributed by atoms with Gasteiger partial charge < -0.3 is 5.11 Å². The van der Waals surface area contributed by atoms with E-state index in [9.17, 15) is 9.90 Å². The maximum atomic E-state index is 11.3. The lowest BCUT2D eigenvalue weighted by Crippen LogP contribution is -2.01. The Kier molecular flexibility index (Phi) is 4.56. The lowest BCUT2D eigenvalue weighted by atomic mass is 9.99. The second-order valence-corrected chi connectivity index (χ2v) is 4.96. The maximum absolute atomic E-state index is 11.3. The second-order valence-electron chi connectivity index (χ2n) is 4.96. The first-order valence-corrected chi connectivity index (χ1v) is 6.93. The molecule has 1 saturated carbocycles. The zero-order chi connectivity index (χ0) is 13.7. The van der Waals surface area contributed by atoms with Gasteiger partial charge in [0.2, 0.25) is 0 Å². The van der Waals surface area contributed by atoms with Gasteiger partial charge in [-0.05, 0) is 42.9 Å². The molecule has 19 heavy (non-hydrogen) atoms. The van der Waals surface area contributed by atoms with Crippen molar-refractivity contribution < 1.29 is 9.90 Å². The molecule has 2 rings (SSSR count). The minimum atomic E-state index is -0.789. The number of carboxylic acid groups (broad SMARTS) is 1. The molecule has 0 amide bonds. The van der Waals surface area contributed by atoms with Gasteiger partial charge in [-0.2, -0.15) is 0 Å². The van der Waals surface area contributed by atoms with Crippen LogP contribution >= 0.6 is 0 Å². The van der Waals surface area contributed by atoms with E-state index in [1.807, 2.05) is 24.3 Å². The Bertz CT molecular complexity index is 503. The minimum Gasteiger partial charge on any atom is -0.478 e. The molecule has 0 bridgehead atoms. The molecular formula is C17H20O2. The molecule has 0 spiro atoms. The number of hydrogen-bond acceptors (Lipinski definition) is 1. The molecule has 1 N–H and O–H groups in total. The van der Waals surface area contributed by atoms with Gasteiger partial charge in [0.25, 0.3) is 0 Å². The number of hydrogen-bond donors (Lipinski definition) is 1. The monoisotopic (exact) mass is 256 g/mol. The Labute approximate surface area is 114 Å². The Morgan fingerprint density at radius 3 is 2.47 bits per heavy atom. The largest absolute Gasteiger partial charge is 0.478 e. The van der Waals surface area contributed by atoms with E-state index in [2.05, 4.69) is 19.1 Å². The van der Waals surface area contributed by atoms with Gasteiger partial charge >= 0.3 is 5.97 Å². The highest BCUT2D eigenvalue weighted by Crippen LogP contribution is 2.37. The van der Waals surface area contributed by atoms with Crippen LogP contribution in [0.25, 0.3) is 5.57 Å². The molecule has 2 heteroatoms. The molecular weight excluding hydrogens is 236 g/mol. The number of aliphatic carboxylic acids is 1. The van der Waals surface area contributed by atoms with E-state index in [0.29, 0.717) is 12.0 Å². The summed E-state index contributed by atoms with van der Waals surface area (Å²) >= 11 is 0. The van der Waals surface area contributed by atoms with Crippen LogP contribution in [0.15, 0.2) is 47.6 Å². The molecule has 0 radical (unpaired) electrons. The first-order valence-electron chi connectivity index (χ1n) is 6.93. The fourth-order valence-electron chi connectivity index (χ4n) is 2.12. The molecule has 100 valence electrons. The predicted octanol–water partition coefficient (Wildman–Crippen LogP) is 4.44. The fourth-order valence-corrected chi connectivity index (χ4v) is 2.12. The van der Waals surface area contributed by atoms with E-state index in [1.165, 1.54) is 5.57 Å². The van der Waals surface area contributed by atoms with Crippen molar-refractivity contribution >= 4 is 11.5 Å². The highest BCUT2D eigenvalue weighted by Gasteiger charge is 2.19. The highest BCUT2D eigenvalue weighted by molar-refractivity contribution is 5.92. The fraction of sp³-hybridized carbons (Fsp3) is 0.353. The summed E-state index contributed by atoms with van der Waals surface area (Å²) < 4.78 is 0. The van der Waals surface area contributed by atoms with Crippen molar-refractivity contribution in [1.29, 1.82) is 0 Å². The molecule has 0 atom stereocenters. The van der Waals surface area contributed by atoms with Crippen molar-refractivity contribution in [3.63, 3.8) is 0 Å². The molecule has 0 unspecified atom stereocenters. The molecule has 0 saturated heterocycles. The van der Waals surface area contributed by atoms with Crippen molar-refractivity contribution in [1.82, 2.24) is 0 Å². The van der Waals surface area contributed by atoms with Crippen LogP contribution in [-0.4, -0.2) is 11.1 Å². The summed E-state index contributed by atoms with van der Waals surface area (Å²) in [7, 11) is 0. The first-order chi connectivity index (χ1) is 9.22. The number of carboxylic acids is 1. The first kappa shape index (κ1) is 13.6. The van der Waals surface area contributed by atoms with Crippen LogP contribution in [0.4, 0.5) is 0 Å². The van der Waals surface area contributed by atoms with E-state index in [1.54, 1.807) is 0 Å². The molecule has 1 aromatic carbocycles. The molecule has 1 fully saturated rings. The van der Waals surface area contributed by atoms with Gasteiger partial charge in [-0.25, -0.2) is 4.79 Å². The number of carbonyl (C=O) groups is 1. The average Bonchev–Trinajstić information content (AvgIpc) is 3.24. The van der Waals surface area contributed by atoms with E-state index in [-0.39, 0.29) is 0 Å². The van der Waals surface area contributed by atoms with Crippen LogP contribution in [0.3, 0.4) is 0 Å².